The highest BCUT2D eigenvalue weighted by molar-refractivity contribution is 5.79. The van der Waals surface area contributed by atoms with Crippen molar-refractivity contribution in [3.05, 3.63) is 29.7 Å². The van der Waals surface area contributed by atoms with Crippen LogP contribution in [0.5, 0.6) is 5.75 Å². The normalized spacial score (nSPS) is 10.5. The first-order valence-corrected chi connectivity index (χ1v) is 4.30. The number of phenols is 1. The Balaban J connectivity index is 2.72. The van der Waals surface area contributed by atoms with Gasteiger partial charge in [0.05, 0.1) is 11.8 Å². The highest BCUT2D eigenvalue weighted by atomic mass is 19.1. The number of aromatic nitrogens is 1. The van der Waals surface area contributed by atoms with E-state index in [2.05, 4.69) is 9.68 Å². The molecule has 0 bridgehead atoms. The molecule has 0 aliphatic heterocycles. The van der Waals surface area contributed by atoms with Crippen molar-refractivity contribution >= 4 is 5.88 Å². The van der Waals surface area contributed by atoms with Gasteiger partial charge in [-0.25, -0.2) is 4.39 Å². The van der Waals surface area contributed by atoms with E-state index in [1.54, 1.807) is 13.0 Å². The Morgan fingerprint density at radius 1 is 1.47 bits per heavy atom. The second kappa shape index (κ2) is 3.27. The largest absolute Gasteiger partial charge is 0.504 e. The SMILES string of the molecule is Cc1ccc(F)c(O)c1-c1cnoc1N. The van der Waals surface area contributed by atoms with E-state index in [4.69, 9.17) is 5.73 Å². The van der Waals surface area contributed by atoms with E-state index in [0.29, 0.717) is 16.7 Å². The van der Waals surface area contributed by atoms with Gasteiger partial charge in [-0.05, 0) is 18.6 Å². The second-order valence-electron chi connectivity index (χ2n) is 3.19. The summed E-state index contributed by atoms with van der Waals surface area (Å²) >= 11 is 0. The highest BCUT2D eigenvalue weighted by Crippen LogP contribution is 2.37. The summed E-state index contributed by atoms with van der Waals surface area (Å²) in [6.45, 7) is 1.74. The molecule has 0 fully saturated rings. The summed E-state index contributed by atoms with van der Waals surface area (Å²) in [4.78, 5) is 0. The Morgan fingerprint density at radius 2 is 2.20 bits per heavy atom. The van der Waals surface area contributed by atoms with Crippen LogP contribution in [0.2, 0.25) is 0 Å². The van der Waals surface area contributed by atoms with Gasteiger partial charge in [0, 0.05) is 5.56 Å². The minimum atomic E-state index is -0.698. The third-order valence-electron chi connectivity index (χ3n) is 2.20. The van der Waals surface area contributed by atoms with Crippen LogP contribution in [0.1, 0.15) is 5.56 Å². The number of anilines is 1. The maximum atomic E-state index is 13.1. The van der Waals surface area contributed by atoms with Gasteiger partial charge < -0.3 is 15.4 Å². The molecule has 0 aliphatic carbocycles. The molecule has 3 N–H and O–H groups in total. The number of nitrogens with zero attached hydrogens (tertiary/aromatic N) is 1. The van der Waals surface area contributed by atoms with Crippen LogP contribution in [0.25, 0.3) is 11.1 Å². The molecule has 1 aromatic carbocycles. The molecule has 0 radical (unpaired) electrons. The molecule has 78 valence electrons. The number of nitrogens with two attached hydrogens (primary N) is 1. The summed E-state index contributed by atoms with van der Waals surface area (Å²) in [7, 11) is 0. The Hall–Kier alpha value is -2.04. The number of nitrogen functional groups attached to an aromatic ring is 1. The van der Waals surface area contributed by atoms with Gasteiger partial charge in [0.2, 0.25) is 5.88 Å². The Bertz CT molecular complexity index is 508. The fraction of sp³-hybridized carbons (Fsp3) is 0.100. The third-order valence-corrected chi connectivity index (χ3v) is 2.20. The van der Waals surface area contributed by atoms with Crippen LogP contribution in [0.3, 0.4) is 0 Å². The molecule has 2 rings (SSSR count). The highest BCUT2D eigenvalue weighted by Gasteiger charge is 2.16. The number of rotatable bonds is 1. The molecule has 4 nitrogen and oxygen atoms in total. The lowest BCUT2D eigenvalue weighted by Crippen LogP contribution is -1.90. The first kappa shape index (κ1) is 9.51. The molecular weight excluding hydrogens is 199 g/mol. The number of hydrogen-bond donors (Lipinski definition) is 2. The molecule has 0 unspecified atom stereocenters. The van der Waals surface area contributed by atoms with Crippen molar-refractivity contribution < 1.29 is 14.0 Å². The lowest BCUT2D eigenvalue weighted by atomic mass is 10.0. The second-order valence-corrected chi connectivity index (χ2v) is 3.19. The zero-order valence-corrected chi connectivity index (χ0v) is 7.99. The molecule has 5 heteroatoms. The van der Waals surface area contributed by atoms with Gasteiger partial charge in [-0.15, -0.1) is 0 Å². The van der Waals surface area contributed by atoms with Crippen molar-refractivity contribution in [2.45, 2.75) is 6.92 Å². The topological polar surface area (TPSA) is 72.3 Å². The van der Waals surface area contributed by atoms with Crippen LogP contribution in [-0.4, -0.2) is 10.3 Å². The van der Waals surface area contributed by atoms with E-state index in [-0.39, 0.29) is 5.88 Å². The molecule has 0 saturated heterocycles. The number of benzene rings is 1. The molecule has 0 spiro atoms. The van der Waals surface area contributed by atoms with Crippen molar-refractivity contribution in [1.29, 1.82) is 0 Å². The summed E-state index contributed by atoms with van der Waals surface area (Å²) in [6, 6.07) is 2.74. The summed E-state index contributed by atoms with van der Waals surface area (Å²) < 4.78 is 17.8. The molecular formula is C10H9FN2O2. The summed E-state index contributed by atoms with van der Waals surface area (Å²) in [5.74, 6) is -1.08. The van der Waals surface area contributed by atoms with E-state index in [1.165, 1.54) is 12.3 Å². The van der Waals surface area contributed by atoms with Crippen LogP contribution in [-0.2, 0) is 0 Å². The molecule has 0 atom stereocenters. The van der Waals surface area contributed by atoms with Crippen LogP contribution >= 0.6 is 0 Å². The fourth-order valence-corrected chi connectivity index (χ4v) is 1.44. The molecule has 1 heterocycles. The quantitative estimate of drug-likeness (QED) is 0.752. The Morgan fingerprint density at radius 3 is 2.80 bits per heavy atom. The van der Waals surface area contributed by atoms with Crippen molar-refractivity contribution in [3.8, 4) is 16.9 Å². The number of phenolic OH excluding ortho intramolecular Hbond substituents is 1. The van der Waals surface area contributed by atoms with E-state index < -0.39 is 11.6 Å². The predicted molar refractivity (Wildman–Crippen MR) is 52.7 cm³/mol. The van der Waals surface area contributed by atoms with Crippen molar-refractivity contribution in [2.75, 3.05) is 5.73 Å². The number of hydrogen-bond acceptors (Lipinski definition) is 4. The van der Waals surface area contributed by atoms with E-state index in [0.717, 1.165) is 0 Å². The smallest absolute Gasteiger partial charge is 0.230 e. The summed E-state index contributed by atoms with van der Waals surface area (Å²) in [5, 5.41) is 13.1. The van der Waals surface area contributed by atoms with Crippen molar-refractivity contribution in [1.82, 2.24) is 5.16 Å². The molecule has 0 saturated carbocycles. The van der Waals surface area contributed by atoms with Crippen LogP contribution in [0, 0.1) is 12.7 Å². The van der Waals surface area contributed by atoms with Gasteiger partial charge in [-0.1, -0.05) is 11.2 Å². The number of halogens is 1. The third kappa shape index (κ3) is 1.41. The lowest BCUT2D eigenvalue weighted by molar-refractivity contribution is 0.432. The monoisotopic (exact) mass is 208 g/mol. The van der Waals surface area contributed by atoms with Gasteiger partial charge in [-0.3, -0.25) is 0 Å². The maximum Gasteiger partial charge on any atom is 0.230 e. The van der Waals surface area contributed by atoms with Gasteiger partial charge >= 0.3 is 0 Å². The van der Waals surface area contributed by atoms with E-state index in [9.17, 15) is 9.50 Å². The van der Waals surface area contributed by atoms with Crippen molar-refractivity contribution in [2.24, 2.45) is 0 Å². The molecule has 1 aromatic heterocycles. The fourth-order valence-electron chi connectivity index (χ4n) is 1.44. The summed E-state index contributed by atoms with van der Waals surface area (Å²) in [5.41, 5.74) is 6.90. The van der Waals surface area contributed by atoms with Crippen LogP contribution in [0.15, 0.2) is 22.9 Å². The van der Waals surface area contributed by atoms with E-state index in [1.807, 2.05) is 0 Å². The maximum absolute atomic E-state index is 13.1. The molecule has 0 amide bonds. The Labute approximate surface area is 85.1 Å². The number of aromatic hydroxyl groups is 1. The van der Waals surface area contributed by atoms with Crippen molar-refractivity contribution in [3.63, 3.8) is 0 Å². The van der Waals surface area contributed by atoms with Gasteiger partial charge in [0.1, 0.15) is 0 Å². The van der Waals surface area contributed by atoms with Crippen LogP contribution < -0.4 is 5.73 Å². The zero-order chi connectivity index (χ0) is 11.0. The lowest BCUT2D eigenvalue weighted by Gasteiger charge is -2.06. The minimum absolute atomic E-state index is 0.0546. The first-order valence-electron chi connectivity index (χ1n) is 4.30. The van der Waals surface area contributed by atoms with Crippen LogP contribution in [0.4, 0.5) is 10.3 Å². The Kier molecular flexibility index (Phi) is 2.07. The van der Waals surface area contributed by atoms with E-state index >= 15 is 0 Å². The molecule has 0 aliphatic rings. The van der Waals surface area contributed by atoms with Gasteiger partial charge in [0.25, 0.3) is 0 Å². The zero-order valence-electron chi connectivity index (χ0n) is 7.99. The molecule has 2 aromatic rings. The average Bonchev–Trinajstić information content (AvgIpc) is 2.60. The van der Waals surface area contributed by atoms with Gasteiger partial charge in [-0.2, -0.15) is 0 Å². The molecule has 15 heavy (non-hydrogen) atoms. The predicted octanol–water partition coefficient (Wildman–Crippen LogP) is 2.08. The summed E-state index contributed by atoms with van der Waals surface area (Å²) in [6.07, 6.45) is 1.34. The first-order chi connectivity index (χ1) is 7.11. The number of aryl methyl sites for hydroxylation is 1. The average molecular weight is 208 g/mol. The minimum Gasteiger partial charge on any atom is -0.504 e. The standard InChI is InChI=1S/C10H9FN2O2/c1-5-2-3-7(11)9(14)8(5)6-4-13-15-10(6)12/h2-4,14H,12H2,1H3. The van der Waals surface area contributed by atoms with Gasteiger partial charge in [0.15, 0.2) is 11.6 Å².